The molecule has 2 radical (unpaired) electrons. The van der Waals surface area contributed by atoms with E-state index in [1.807, 2.05) is 0 Å². The fourth-order valence-electron chi connectivity index (χ4n) is 7.94. The van der Waals surface area contributed by atoms with Crippen LogP contribution in [0.15, 0.2) is 182 Å². The summed E-state index contributed by atoms with van der Waals surface area (Å²) in [4.78, 5) is 0. The summed E-state index contributed by atoms with van der Waals surface area (Å²) in [5.74, 6) is 0. The predicted molar refractivity (Wildman–Crippen MR) is 346 cm³/mol. The first-order chi connectivity index (χ1) is 34.4. The van der Waals surface area contributed by atoms with E-state index in [9.17, 15) is 0 Å². The molecule has 0 aliphatic rings. The molecule has 0 bridgehead atoms. The average Bonchev–Trinajstić information content (AvgIpc) is 3.41. The van der Waals surface area contributed by atoms with Crippen molar-refractivity contribution in [3.63, 3.8) is 0 Å². The van der Waals surface area contributed by atoms with Crippen LogP contribution in [0.4, 0.5) is 0 Å². The van der Waals surface area contributed by atoms with Crippen molar-refractivity contribution in [2.24, 2.45) is 0 Å². The van der Waals surface area contributed by atoms with Gasteiger partial charge in [0.25, 0.3) is 0 Å². The normalized spacial score (nSPS) is 10.5. The molecule has 10 heteroatoms. The number of benzene rings is 6. The van der Waals surface area contributed by atoms with E-state index in [1.54, 1.807) is 37.0 Å². The van der Waals surface area contributed by atoms with Gasteiger partial charge in [0.2, 0.25) is 0 Å². The Morgan fingerprint density at radius 1 is 0.314 bits per heavy atom. The number of rotatable bonds is 24. The third-order valence-electron chi connectivity index (χ3n) is 11.7. The van der Waals surface area contributed by atoms with Gasteiger partial charge in [-0.1, -0.05) is 80.1 Å². The van der Waals surface area contributed by atoms with Gasteiger partial charge in [0.05, 0.1) is 37.0 Å². The summed E-state index contributed by atoms with van der Waals surface area (Å²) < 4.78 is 9.00. The Labute approximate surface area is 487 Å². The fourth-order valence-corrected chi connectivity index (χ4v) is 25.4. The number of halogens is 4. The second-order valence-electron chi connectivity index (χ2n) is 17.2. The van der Waals surface area contributed by atoms with Crippen LogP contribution in [0.3, 0.4) is 0 Å². The quantitative estimate of drug-likeness (QED) is 0.0322. The average molecular weight is 1740 g/mol. The van der Waals surface area contributed by atoms with Crippen molar-refractivity contribution >= 4 is 129 Å². The fraction of sp³-hybridized carbons (Fsp3) is 0.400. The molecule has 6 aromatic rings. The summed E-state index contributed by atoms with van der Waals surface area (Å²) in [5.41, 5.74) is 0. The summed E-state index contributed by atoms with van der Waals surface area (Å²) in [7, 11) is 9.88. The Morgan fingerprint density at radius 3 is 0.557 bits per heavy atom. The van der Waals surface area contributed by atoms with E-state index in [4.69, 9.17) is 18.8 Å². The van der Waals surface area contributed by atoms with E-state index in [0.29, 0.717) is 11.2 Å². The summed E-state index contributed by atoms with van der Waals surface area (Å²) in [6, 6.07) is 65.6. The van der Waals surface area contributed by atoms with Crippen molar-refractivity contribution in [1.29, 1.82) is 0 Å². The van der Waals surface area contributed by atoms with Gasteiger partial charge in [-0.05, 0) is 38.5 Å². The molecule has 0 N–H and O–H groups in total. The van der Waals surface area contributed by atoms with Crippen molar-refractivity contribution < 1.29 is 27.7 Å². The van der Waals surface area contributed by atoms with Gasteiger partial charge in [0.1, 0.15) is 0 Å². The molecule has 0 nitrogen and oxygen atoms in total. The molecule has 0 spiro atoms. The minimum absolute atomic E-state index is 0.0675. The molecule has 0 atom stereocenters. The van der Waals surface area contributed by atoms with Crippen LogP contribution in [0, 0.1) is 0 Å². The van der Waals surface area contributed by atoms with Gasteiger partial charge in [-0.2, -0.15) is 0 Å². The van der Waals surface area contributed by atoms with Gasteiger partial charge in [0.15, 0.2) is 0 Å². The minimum atomic E-state index is -1.63. The van der Waals surface area contributed by atoms with Crippen LogP contribution in [0.2, 0.25) is 0 Å². The Balaban J connectivity index is 0.000000456. The predicted octanol–water partition coefficient (Wildman–Crippen LogP) is 16.2. The first-order valence-electron chi connectivity index (χ1n) is 25.8. The maximum absolute atomic E-state index is 4.88. The molecule has 394 valence electrons. The number of hydrogen-bond donors (Lipinski definition) is 0. The molecule has 0 unspecified atom stereocenters. The Bertz CT molecular complexity index is 1600. The SMILES string of the molecule is CCCC[PH+](CCCC)CCCC.CCCC[PH+](CCCC)CCCC.[Cl][Pt][Cl].[I][Pt][I].c1ccc([AsH](c2ccccc2)c2ccccc2)cc1.c1ccc([AsH](c2ccccc2)c2ccccc2)cc1. The van der Waals surface area contributed by atoms with Crippen LogP contribution < -0.4 is 26.1 Å². The van der Waals surface area contributed by atoms with Crippen molar-refractivity contribution in [3.8, 4) is 0 Å². The van der Waals surface area contributed by atoms with Crippen LogP contribution in [-0.2, 0) is 27.7 Å². The second-order valence-corrected chi connectivity index (χ2v) is 53.5. The van der Waals surface area contributed by atoms with Crippen LogP contribution >= 0.6 is 73.4 Å². The first-order valence-corrected chi connectivity index (χ1v) is 54.9. The van der Waals surface area contributed by atoms with Crippen LogP contribution in [-0.4, -0.2) is 66.3 Å². The van der Waals surface area contributed by atoms with Crippen molar-refractivity contribution in [1.82, 2.24) is 0 Å². The molecule has 0 aliphatic carbocycles. The summed E-state index contributed by atoms with van der Waals surface area (Å²) >= 11 is 1.56. The Kier molecular flexibility index (Phi) is 49.6. The van der Waals surface area contributed by atoms with E-state index in [2.05, 4.69) is 262 Å². The zero-order chi connectivity index (χ0) is 51.1. The molecule has 6 aromatic carbocycles. The van der Waals surface area contributed by atoms with Gasteiger partial charge in [-0.3, -0.25) is 0 Å². The molecular weight excluding hydrogens is 1650 g/mol. The Morgan fingerprint density at radius 2 is 0.443 bits per heavy atom. The molecule has 0 saturated carbocycles. The third kappa shape index (κ3) is 33.7. The molecule has 0 heterocycles. The summed E-state index contributed by atoms with van der Waals surface area (Å²) in [6.07, 6.45) is 26.8. The molecule has 70 heavy (non-hydrogen) atoms. The van der Waals surface area contributed by atoms with Gasteiger partial charge < -0.3 is 0 Å². The monoisotopic (exact) mass is 1730 g/mol. The van der Waals surface area contributed by atoms with Gasteiger partial charge in [0, 0.05) is 15.8 Å². The van der Waals surface area contributed by atoms with E-state index in [-0.39, 0.29) is 15.8 Å². The molecule has 0 aromatic heterocycles. The van der Waals surface area contributed by atoms with Gasteiger partial charge in [-0.15, -0.1) is 0 Å². The number of hydrogen-bond acceptors (Lipinski definition) is 0. The number of unbranched alkanes of at least 4 members (excludes halogenated alkanes) is 6. The van der Waals surface area contributed by atoms with Crippen molar-refractivity contribution in [3.05, 3.63) is 182 Å². The molecule has 6 rings (SSSR count). The zero-order valence-electron chi connectivity index (χ0n) is 43.2. The summed E-state index contributed by atoms with van der Waals surface area (Å²) in [6.45, 7) is 13.9. The maximum atomic E-state index is 4.88. The van der Waals surface area contributed by atoms with Gasteiger partial charge in [-0.25, -0.2) is 0 Å². The van der Waals surface area contributed by atoms with E-state index >= 15 is 0 Å². The van der Waals surface area contributed by atoms with Gasteiger partial charge >= 0.3 is 323 Å². The molecule has 0 amide bonds. The van der Waals surface area contributed by atoms with E-state index in [1.165, 1.54) is 103 Å². The molecule has 0 aliphatic heterocycles. The van der Waals surface area contributed by atoms with E-state index in [0.717, 1.165) is 0 Å². The second kappa shape index (κ2) is 50.5. The van der Waals surface area contributed by atoms with E-state index < -0.39 is 45.8 Å². The first kappa shape index (κ1) is 68.7. The van der Waals surface area contributed by atoms with Crippen molar-refractivity contribution in [2.75, 3.05) is 37.0 Å². The Hall–Kier alpha value is 0.714. The van der Waals surface area contributed by atoms with Crippen molar-refractivity contribution in [2.45, 2.75) is 119 Å². The molecule has 0 saturated heterocycles. The van der Waals surface area contributed by atoms with Crippen LogP contribution in [0.5, 0.6) is 0 Å². The zero-order valence-corrected chi connectivity index (χ0v) is 59.8. The topological polar surface area (TPSA) is 0 Å². The molecular formula is C60H88As2Cl2I2P2Pt2+2. The standard InChI is InChI=1S/2C18H16As.2C12H27P.2ClH.2HI.2Pt/c2*1-4-10-16(11-5-1)19(17-12-6-2-7-13-17)18-14-8-3-9-15-18;2*1-4-7-10-13(11-8-5-2)12-9-6-3;;;;;;/h2*1-15,19H;2*4-12H2,1-3H3;4*1H;;/q;;;;;;;;2*+2/p-2. The van der Waals surface area contributed by atoms with Crippen LogP contribution in [0.1, 0.15) is 119 Å². The van der Waals surface area contributed by atoms with Crippen LogP contribution in [0.25, 0.3) is 0 Å². The summed E-state index contributed by atoms with van der Waals surface area (Å²) in [5, 5.41) is 0. The molecule has 0 fully saturated rings. The third-order valence-corrected chi connectivity index (χ3v) is 29.5.